The van der Waals surface area contributed by atoms with Crippen LogP contribution in [0.1, 0.15) is 37.5 Å². The smallest absolute Gasteiger partial charge is 0.348 e. The first-order chi connectivity index (χ1) is 16.7. The number of aromatic nitrogens is 2. The van der Waals surface area contributed by atoms with Crippen molar-refractivity contribution in [3.63, 3.8) is 0 Å². The molecule has 8 heteroatoms. The van der Waals surface area contributed by atoms with Crippen molar-refractivity contribution in [2.45, 2.75) is 40.7 Å². The summed E-state index contributed by atoms with van der Waals surface area (Å²) in [6, 6.07) is 13.8. The Morgan fingerprint density at radius 1 is 1.06 bits per heavy atom. The van der Waals surface area contributed by atoms with E-state index in [9.17, 15) is 14.4 Å². The van der Waals surface area contributed by atoms with Crippen molar-refractivity contribution in [1.29, 1.82) is 0 Å². The summed E-state index contributed by atoms with van der Waals surface area (Å²) in [5.41, 5.74) is 5.02. The fraction of sp³-hybridized carbons (Fsp3) is 0.259. The average Bonchev–Trinajstić information content (AvgIpc) is 3.16. The van der Waals surface area contributed by atoms with E-state index in [2.05, 4.69) is 10.3 Å². The zero-order valence-electron chi connectivity index (χ0n) is 20.2. The summed E-state index contributed by atoms with van der Waals surface area (Å²) in [4.78, 5) is 43.7. The number of aryl methyl sites for hydroxylation is 4. The molecule has 180 valence electrons. The van der Waals surface area contributed by atoms with Gasteiger partial charge in [-0.15, -0.1) is 11.3 Å². The van der Waals surface area contributed by atoms with E-state index in [0.29, 0.717) is 27.1 Å². The van der Waals surface area contributed by atoms with Gasteiger partial charge >= 0.3 is 5.97 Å². The van der Waals surface area contributed by atoms with E-state index in [1.54, 1.807) is 6.92 Å². The Balaban J connectivity index is 1.50. The summed E-state index contributed by atoms with van der Waals surface area (Å²) in [5.74, 6) is -0.799. The second-order valence-electron chi connectivity index (χ2n) is 8.61. The van der Waals surface area contributed by atoms with Gasteiger partial charge in [0.2, 0.25) is 5.91 Å². The summed E-state index contributed by atoms with van der Waals surface area (Å²) >= 11 is 1.13. The minimum atomic E-state index is -0.476. The third-order valence-electron chi connectivity index (χ3n) is 5.82. The van der Waals surface area contributed by atoms with E-state index in [1.165, 1.54) is 10.9 Å². The first-order valence-electron chi connectivity index (χ1n) is 11.3. The number of anilines is 1. The van der Waals surface area contributed by atoms with E-state index in [-0.39, 0.29) is 24.6 Å². The van der Waals surface area contributed by atoms with Crippen LogP contribution in [-0.4, -0.2) is 28.0 Å². The number of thiophene rings is 1. The number of benzene rings is 2. The third-order valence-corrected chi connectivity index (χ3v) is 7.00. The molecule has 0 radical (unpaired) electrons. The molecule has 2 aromatic carbocycles. The normalized spacial score (nSPS) is 11.0. The van der Waals surface area contributed by atoms with Crippen LogP contribution in [0.2, 0.25) is 0 Å². The number of hydrogen-bond donors (Lipinski definition) is 1. The van der Waals surface area contributed by atoms with Crippen molar-refractivity contribution >= 4 is 39.1 Å². The minimum Gasteiger partial charge on any atom is -0.461 e. The molecule has 4 aromatic rings. The van der Waals surface area contributed by atoms with Gasteiger partial charge in [-0.1, -0.05) is 48.0 Å². The number of hydrogen-bond acceptors (Lipinski definition) is 6. The maximum absolute atomic E-state index is 13.1. The Bertz CT molecular complexity index is 1450. The minimum absolute atomic E-state index is 0.180. The van der Waals surface area contributed by atoms with Gasteiger partial charge in [-0.05, 0) is 49.9 Å². The molecular formula is C27H27N3O4S. The van der Waals surface area contributed by atoms with Crippen molar-refractivity contribution in [3.8, 4) is 0 Å². The number of fused-ring (bicyclic) bond motifs is 1. The van der Waals surface area contributed by atoms with Gasteiger partial charge in [0, 0.05) is 12.1 Å². The zero-order chi connectivity index (χ0) is 25.1. The molecule has 0 saturated heterocycles. The van der Waals surface area contributed by atoms with E-state index >= 15 is 0 Å². The number of amides is 1. The van der Waals surface area contributed by atoms with Crippen molar-refractivity contribution < 1.29 is 14.3 Å². The summed E-state index contributed by atoms with van der Waals surface area (Å²) in [6.07, 6.45) is 1.95. The van der Waals surface area contributed by atoms with Crippen molar-refractivity contribution in [3.05, 3.63) is 91.8 Å². The number of esters is 1. The summed E-state index contributed by atoms with van der Waals surface area (Å²) < 4.78 is 6.71. The third kappa shape index (κ3) is 5.33. The highest BCUT2D eigenvalue weighted by Gasteiger charge is 2.21. The van der Waals surface area contributed by atoms with Gasteiger partial charge in [0.25, 0.3) is 5.56 Å². The fourth-order valence-corrected chi connectivity index (χ4v) is 5.18. The van der Waals surface area contributed by atoms with Crippen LogP contribution < -0.4 is 10.9 Å². The molecule has 1 amide bonds. The second-order valence-corrected chi connectivity index (χ2v) is 9.61. The van der Waals surface area contributed by atoms with Crippen LogP contribution >= 0.6 is 11.3 Å². The number of nitrogens with zero attached hydrogens (tertiary/aromatic N) is 2. The maximum atomic E-state index is 13.1. The number of rotatable bonds is 7. The van der Waals surface area contributed by atoms with Crippen molar-refractivity contribution in [2.75, 3.05) is 11.9 Å². The molecular weight excluding hydrogens is 462 g/mol. The lowest BCUT2D eigenvalue weighted by molar-refractivity contribution is -0.116. The molecule has 35 heavy (non-hydrogen) atoms. The number of carbonyl (C=O) groups is 2. The molecule has 2 aromatic heterocycles. The predicted molar refractivity (Wildman–Crippen MR) is 138 cm³/mol. The van der Waals surface area contributed by atoms with Crippen LogP contribution in [0, 0.1) is 27.7 Å². The van der Waals surface area contributed by atoms with Crippen LogP contribution in [0.25, 0.3) is 10.2 Å². The molecule has 0 aliphatic carbocycles. The van der Waals surface area contributed by atoms with E-state index in [4.69, 9.17) is 4.74 Å². The molecule has 0 aliphatic heterocycles. The molecule has 4 rings (SSSR count). The average molecular weight is 490 g/mol. The fourth-order valence-electron chi connectivity index (χ4n) is 4.15. The topological polar surface area (TPSA) is 90.3 Å². The molecule has 0 unspecified atom stereocenters. The molecule has 0 spiro atoms. The lowest BCUT2D eigenvalue weighted by Crippen LogP contribution is -2.28. The van der Waals surface area contributed by atoms with Gasteiger partial charge in [0.1, 0.15) is 16.3 Å². The Hall–Kier alpha value is -3.78. The molecule has 1 N–H and O–H groups in total. The molecule has 7 nitrogen and oxygen atoms in total. The summed E-state index contributed by atoms with van der Waals surface area (Å²) in [7, 11) is 0. The highest BCUT2D eigenvalue weighted by Crippen LogP contribution is 2.27. The monoisotopic (exact) mass is 489 g/mol. The predicted octanol–water partition coefficient (Wildman–Crippen LogP) is 4.73. The zero-order valence-corrected chi connectivity index (χ0v) is 21.0. The van der Waals surface area contributed by atoms with Gasteiger partial charge in [-0.25, -0.2) is 9.78 Å². The first kappa shape index (κ1) is 24.3. The molecule has 0 saturated carbocycles. The standard InChI is InChI=1S/C27H27N3O4S/c1-16-12-17(2)23(18(3)13-16)29-21(31)14-30-15-28-25-22(26(30)32)19(4)24(35-25)27(33)34-11-10-20-8-6-5-7-9-20/h5-9,12-13,15H,10-11,14H2,1-4H3,(H,29,31). The number of nitrogens with one attached hydrogen (secondary N) is 1. The SMILES string of the molecule is Cc1cc(C)c(NC(=O)Cn2cnc3sc(C(=O)OCCc4ccccc4)c(C)c3c2=O)c(C)c1. The Kier molecular flexibility index (Phi) is 7.12. The highest BCUT2D eigenvalue weighted by molar-refractivity contribution is 7.20. The molecule has 2 heterocycles. The van der Waals surface area contributed by atoms with E-state index < -0.39 is 5.97 Å². The van der Waals surface area contributed by atoms with Crippen molar-refractivity contribution in [2.24, 2.45) is 0 Å². The summed E-state index contributed by atoms with van der Waals surface area (Å²) in [6.45, 7) is 7.64. The molecule has 0 aliphatic rings. The lowest BCUT2D eigenvalue weighted by Gasteiger charge is -2.13. The lowest BCUT2D eigenvalue weighted by atomic mass is 10.1. The maximum Gasteiger partial charge on any atom is 0.348 e. The van der Waals surface area contributed by atoms with Gasteiger partial charge < -0.3 is 10.1 Å². The largest absolute Gasteiger partial charge is 0.461 e. The van der Waals surface area contributed by atoms with Crippen LogP contribution in [-0.2, 0) is 22.5 Å². The van der Waals surface area contributed by atoms with Crippen molar-refractivity contribution in [1.82, 2.24) is 9.55 Å². The molecule has 0 atom stereocenters. The Morgan fingerprint density at radius 2 is 1.74 bits per heavy atom. The van der Waals surface area contributed by atoms with Gasteiger partial charge in [0.15, 0.2) is 0 Å². The second kappa shape index (κ2) is 10.2. The van der Waals surface area contributed by atoms with Crippen LogP contribution in [0.15, 0.2) is 53.6 Å². The van der Waals surface area contributed by atoms with Gasteiger partial charge in [-0.2, -0.15) is 0 Å². The number of carbonyl (C=O) groups excluding carboxylic acids is 2. The van der Waals surface area contributed by atoms with E-state index in [0.717, 1.165) is 39.3 Å². The number of ether oxygens (including phenoxy) is 1. The highest BCUT2D eigenvalue weighted by atomic mass is 32.1. The first-order valence-corrected chi connectivity index (χ1v) is 12.1. The van der Waals surface area contributed by atoms with Crippen LogP contribution in [0.5, 0.6) is 0 Å². The Labute approximate surface area is 207 Å². The van der Waals surface area contributed by atoms with Gasteiger partial charge in [0.05, 0.1) is 18.3 Å². The molecule has 0 fully saturated rings. The summed E-state index contributed by atoms with van der Waals surface area (Å²) in [5, 5.41) is 3.24. The Morgan fingerprint density at radius 3 is 2.43 bits per heavy atom. The molecule has 0 bridgehead atoms. The van der Waals surface area contributed by atoms with E-state index in [1.807, 2.05) is 63.2 Å². The van der Waals surface area contributed by atoms with Gasteiger partial charge in [-0.3, -0.25) is 14.2 Å². The van der Waals surface area contributed by atoms with Crippen LogP contribution in [0.3, 0.4) is 0 Å². The van der Waals surface area contributed by atoms with Crippen LogP contribution in [0.4, 0.5) is 5.69 Å². The quantitative estimate of drug-likeness (QED) is 0.379.